The zero-order valence-corrected chi connectivity index (χ0v) is 11.0. The highest BCUT2D eigenvalue weighted by atomic mass is 32.1. The summed E-state index contributed by atoms with van der Waals surface area (Å²) in [5, 5.41) is 6.93. The van der Waals surface area contributed by atoms with E-state index in [2.05, 4.69) is 43.4 Å². The Hall–Kier alpha value is -0.410. The molecule has 1 rings (SSSR count). The Kier molecular flexibility index (Phi) is 5.26. The van der Waals surface area contributed by atoms with Crippen LogP contribution < -0.4 is 5.32 Å². The van der Waals surface area contributed by atoms with Crippen molar-refractivity contribution >= 4 is 11.3 Å². The lowest BCUT2D eigenvalue weighted by molar-refractivity contribution is 0.320. The smallest absolute Gasteiger partial charge is 0.110 e. The molecule has 0 amide bonds. The van der Waals surface area contributed by atoms with Crippen LogP contribution in [-0.2, 0) is 0 Å². The van der Waals surface area contributed by atoms with Gasteiger partial charge in [0.1, 0.15) is 5.01 Å². The zero-order chi connectivity index (χ0) is 11.3. The van der Waals surface area contributed by atoms with E-state index in [9.17, 15) is 0 Å². The van der Waals surface area contributed by atoms with Gasteiger partial charge in [-0.25, -0.2) is 4.98 Å². The first-order valence-electron chi connectivity index (χ1n) is 5.84. The van der Waals surface area contributed by atoms with Crippen molar-refractivity contribution in [2.75, 3.05) is 0 Å². The van der Waals surface area contributed by atoms with Gasteiger partial charge in [0.2, 0.25) is 0 Å². The van der Waals surface area contributed by atoms with Crippen molar-refractivity contribution in [2.24, 2.45) is 5.92 Å². The van der Waals surface area contributed by atoms with Gasteiger partial charge in [0.15, 0.2) is 0 Å². The predicted octanol–water partition coefficient (Wildman–Crippen LogP) is 3.62. The SMILES string of the molecule is CCC(CC)C(NC(C)C)c1nccs1. The summed E-state index contributed by atoms with van der Waals surface area (Å²) in [5.41, 5.74) is 0. The third kappa shape index (κ3) is 3.58. The molecule has 1 aromatic rings. The normalized spacial score (nSPS) is 13.7. The summed E-state index contributed by atoms with van der Waals surface area (Å²) in [4.78, 5) is 4.44. The first kappa shape index (κ1) is 12.7. The summed E-state index contributed by atoms with van der Waals surface area (Å²) in [6.07, 6.45) is 4.32. The van der Waals surface area contributed by atoms with Crippen LogP contribution in [0.15, 0.2) is 11.6 Å². The maximum absolute atomic E-state index is 4.44. The van der Waals surface area contributed by atoms with Gasteiger partial charge in [-0.1, -0.05) is 40.5 Å². The van der Waals surface area contributed by atoms with Gasteiger partial charge in [0.05, 0.1) is 6.04 Å². The fourth-order valence-electron chi connectivity index (χ4n) is 1.92. The standard InChI is InChI=1S/C12H22N2S/c1-5-10(6-2)11(14-9(3)4)12-13-7-8-15-12/h7-11,14H,5-6H2,1-4H3. The van der Waals surface area contributed by atoms with Gasteiger partial charge in [-0.05, 0) is 5.92 Å². The second-order valence-corrected chi connectivity index (χ2v) is 5.17. The van der Waals surface area contributed by atoms with E-state index < -0.39 is 0 Å². The van der Waals surface area contributed by atoms with Crippen molar-refractivity contribution in [1.29, 1.82) is 0 Å². The molecule has 1 N–H and O–H groups in total. The molecule has 0 saturated heterocycles. The van der Waals surface area contributed by atoms with Crippen LogP contribution in [-0.4, -0.2) is 11.0 Å². The minimum atomic E-state index is 0.431. The molecule has 1 heterocycles. The van der Waals surface area contributed by atoms with Gasteiger partial charge in [0.25, 0.3) is 0 Å². The average Bonchev–Trinajstić information content (AvgIpc) is 2.70. The molecule has 0 fully saturated rings. The molecule has 0 aromatic carbocycles. The van der Waals surface area contributed by atoms with Crippen LogP contribution in [0.2, 0.25) is 0 Å². The number of hydrogen-bond acceptors (Lipinski definition) is 3. The number of nitrogens with one attached hydrogen (secondary N) is 1. The first-order chi connectivity index (χ1) is 7.19. The van der Waals surface area contributed by atoms with Crippen LogP contribution in [0.5, 0.6) is 0 Å². The lowest BCUT2D eigenvalue weighted by Gasteiger charge is -2.26. The summed E-state index contributed by atoms with van der Waals surface area (Å²) in [7, 11) is 0. The van der Waals surface area contributed by atoms with Gasteiger partial charge in [-0.3, -0.25) is 0 Å². The largest absolute Gasteiger partial charge is 0.305 e. The molecule has 2 nitrogen and oxygen atoms in total. The van der Waals surface area contributed by atoms with E-state index in [1.54, 1.807) is 11.3 Å². The first-order valence-corrected chi connectivity index (χ1v) is 6.72. The van der Waals surface area contributed by atoms with Crippen LogP contribution in [0.1, 0.15) is 51.6 Å². The Labute approximate surface area is 97.1 Å². The molecule has 1 unspecified atom stereocenters. The molecular formula is C12H22N2S. The molecule has 0 aliphatic rings. The van der Waals surface area contributed by atoms with Crippen LogP contribution in [0.25, 0.3) is 0 Å². The molecule has 86 valence electrons. The Morgan fingerprint density at radius 3 is 2.40 bits per heavy atom. The molecule has 0 aliphatic carbocycles. The third-order valence-corrected chi connectivity index (χ3v) is 3.61. The summed E-state index contributed by atoms with van der Waals surface area (Å²) in [6.45, 7) is 8.92. The van der Waals surface area contributed by atoms with Crippen LogP contribution in [0, 0.1) is 5.92 Å². The Morgan fingerprint density at radius 1 is 1.33 bits per heavy atom. The van der Waals surface area contributed by atoms with E-state index in [1.165, 1.54) is 17.8 Å². The molecular weight excluding hydrogens is 204 g/mol. The van der Waals surface area contributed by atoms with Gasteiger partial charge in [0, 0.05) is 17.6 Å². The molecule has 0 spiro atoms. The minimum Gasteiger partial charge on any atom is -0.305 e. The number of hydrogen-bond donors (Lipinski definition) is 1. The molecule has 3 heteroatoms. The summed E-state index contributed by atoms with van der Waals surface area (Å²) in [5.74, 6) is 0.693. The van der Waals surface area contributed by atoms with Crippen LogP contribution in [0.3, 0.4) is 0 Å². The maximum Gasteiger partial charge on any atom is 0.110 e. The van der Waals surface area contributed by atoms with Gasteiger partial charge in [-0.2, -0.15) is 0 Å². The van der Waals surface area contributed by atoms with Gasteiger partial charge >= 0.3 is 0 Å². The zero-order valence-electron chi connectivity index (χ0n) is 10.2. The molecule has 1 aromatic heterocycles. The lowest BCUT2D eigenvalue weighted by Crippen LogP contribution is -2.33. The van der Waals surface area contributed by atoms with E-state index in [-0.39, 0.29) is 0 Å². The van der Waals surface area contributed by atoms with Crippen molar-refractivity contribution in [3.05, 3.63) is 16.6 Å². The number of rotatable bonds is 6. The Morgan fingerprint density at radius 2 is 2.00 bits per heavy atom. The van der Waals surface area contributed by atoms with Crippen molar-refractivity contribution < 1.29 is 0 Å². The van der Waals surface area contributed by atoms with E-state index in [4.69, 9.17) is 0 Å². The van der Waals surface area contributed by atoms with Gasteiger partial charge in [-0.15, -0.1) is 11.3 Å². The van der Waals surface area contributed by atoms with E-state index in [0.29, 0.717) is 18.0 Å². The van der Waals surface area contributed by atoms with E-state index >= 15 is 0 Å². The summed E-state index contributed by atoms with van der Waals surface area (Å²) in [6, 6.07) is 0.944. The molecule has 0 aliphatic heterocycles. The summed E-state index contributed by atoms with van der Waals surface area (Å²) >= 11 is 1.76. The molecule has 0 radical (unpaired) electrons. The molecule has 0 saturated carbocycles. The highest BCUT2D eigenvalue weighted by molar-refractivity contribution is 7.09. The topological polar surface area (TPSA) is 24.9 Å². The van der Waals surface area contributed by atoms with Crippen LogP contribution in [0.4, 0.5) is 0 Å². The third-order valence-electron chi connectivity index (χ3n) is 2.75. The second kappa shape index (κ2) is 6.23. The van der Waals surface area contributed by atoms with E-state index in [1.807, 2.05) is 6.20 Å². The summed E-state index contributed by atoms with van der Waals surface area (Å²) < 4.78 is 0. The van der Waals surface area contributed by atoms with Crippen molar-refractivity contribution in [3.63, 3.8) is 0 Å². The number of thiazole rings is 1. The van der Waals surface area contributed by atoms with Crippen molar-refractivity contribution in [2.45, 2.75) is 52.6 Å². The lowest BCUT2D eigenvalue weighted by atomic mass is 9.94. The molecule has 1 atom stereocenters. The number of aromatic nitrogens is 1. The second-order valence-electron chi connectivity index (χ2n) is 4.25. The molecule has 0 bridgehead atoms. The quantitative estimate of drug-likeness (QED) is 0.801. The average molecular weight is 226 g/mol. The highest BCUT2D eigenvalue weighted by Crippen LogP contribution is 2.28. The predicted molar refractivity (Wildman–Crippen MR) is 67.2 cm³/mol. The Balaban J connectivity index is 2.77. The highest BCUT2D eigenvalue weighted by Gasteiger charge is 2.22. The van der Waals surface area contributed by atoms with Gasteiger partial charge < -0.3 is 5.32 Å². The fourth-order valence-corrected chi connectivity index (χ4v) is 2.71. The van der Waals surface area contributed by atoms with Crippen molar-refractivity contribution in [1.82, 2.24) is 10.3 Å². The Bertz CT molecular complexity index is 253. The minimum absolute atomic E-state index is 0.431. The van der Waals surface area contributed by atoms with Crippen molar-refractivity contribution in [3.8, 4) is 0 Å². The van der Waals surface area contributed by atoms with E-state index in [0.717, 1.165) is 0 Å². The van der Waals surface area contributed by atoms with Crippen LogP contribution >= 0.6 is 11.3 Å². The number of nitrogens with zero attached hydrogens (tertiary/aromatic N) is 1. The maximum atomic E-state index is 4.44. The molecule has 15 heavy (non-hydrogen) atoms. The fraction of sp³-hybridized carbons (Fsp3) is 0.750. The monoisotopic (exact) mass is 226 g/mol.